The monoisotopic (exact) mass is 337 g/mol. The van der Waals surface area contributed by atoms with Crippen molar-refractivity contribution in [2.45, 2.75) is 20.8 Å². The summed E-state index contributed by atoms with van der Waals surface area (Å²) in [6, 6.07) is 13.4. The Morgan fingerprint density at radius 1 is 0.958 bits per heavy atom. The molecule has 3 rings (SSSR count). The van der Waals surface area contributed by atoms with Crippen LogP contribution in [0.2, 0.25) is 0 Å². The van der Waals surface area contributed by atoms with E-state index in [1.54, 1.807) is 11.3 Å². The maximum absolute atomic E-state index is 12.2. The first-order valence-corrected chi connectivity index (χ1v) is 8.56. The minimum absolute atomic E-state index is 0.258. The smallest absolute Gasteiger partial charge is 0.308 e. The molecule has 0 fully saturated rings. The third kappa shape index (κ3) is 4.00. The molecule has 0 spiro atoms. The Kier molecular flexibility index (Phi) is 4.62. The zero-order chi connectivity index (χ0) is 17.1. The number of anilines is 2. The SMILES string of the molecule is Cc1cc(C)cc(NC(=O)Nc2cccc(-c3csc(C)n3)c2)c1. The van der Waals surface area contributed by atoms with Crippen molar-refractivity contribution in [1.82, 2.24) is 4.98 Å². The minimum Gasteiger partial charge on any atom is -0.308 e. The molecule has 0 aliphatic carbocycles. The van der Waals surface area contributed by atoms with Gasteiger partial charge in [0.25, 0.3) is 0 Å². The van der Waals surface area contributed by atoms with Crippen LogP contribution in [0.3, 0.4) is 0 Å². The third-order valence-corrected chi connectivity index (χ3v) is 4.29. The lowest BCUT2D eigenvalue weighted by atomic mass is 10.1. The number of nitrogens with zero attached hydrogens (tertiary/aromatic N) is 1. The number of urea groups is 1. The molecule has 5 heteroatoms. The fourth-order valence-corrected chi connectivity index (χ4v) is 3.21. The Morgan fingerprint density at radius 2 is 1.67 bits per heavy atom. The van der Waals surface area contributed by atoms with Gasteiger partial charge in [0.1, 0.15) is 0 Å². The summed E-state index contributed by atoms with van der Waals surface area (Å²) in [7, 11) is 0. The van der Waals surface area contributed by atoms with Gasteiger partial charge in [0, 0.05) is 22.3 Å². The minimum atomic E-state index is -0.258. The van der Waals surface area contributed by atoms with Crippen LogP contribution in [-0.2, 0) is 0 Å². The maximum atomic E-state index is 12.2. The lowest BCUT2D eigenvalue weighted by Crippen LogP contribution is -2.19. The fraction of sp³-hybridized carbons (Fsp3) is 0.158. The molecule has 0 unspecified atom stereocenters. The molecule has 0 saturated carbocycles. The van der Waals surface area contributed by atoms with Crippen molar-refractivity contribution in [2.24, 2.45) is 0 Å². The average Bonchev–Trinajstić information content (AvgIpc) is 2.93. The molecule has 4 nitrogen and oxygen atoms in total. The highest BCUT2D eigenvalue weighted by atomic mass is 32.1. The topological polar surface area (TPSA) is 54.0 Å². The van der Waals surface area contributed by atoms with Crippen LogP contribution in [-0.4, -0.2) is 11.0 Å². The summed E-state index contributed by atoms with van der Waals surface area (Å²) in [5.41, 5.74) is 5.67. The normalized spacial score (nSPS) is 10.5. The van der Waals surface area contributed by atoms with Gasteiger partial charge < -0.3 is 10.6 Å². The number of hydrogen-bond acceptors (Lipinski definition) is 3. The standard InChI is InChI=1S/C19H19N3OS/c1-12-7-13(2)9-17(8-12)22-19(23)21-16-6-4-5-15(10-16)18-11-24-14(3)20-18/h4-11H,1-3H3,(H2,21,22,23). The number of carbonyl (C=O) groups excluding carboxylic acids is 1. The van der Waals surface area contributed by atoms with E-state index < -0.39 is 0 Å². The molecular formula is C19H19N3OS. The number of aromatic nitrogens is 1. The molecule has 0 radical (unpaired) electrons. The highest BCUT2D eigenvalue weighted by molar-refractivity contribution is 7.09. The van der Waals surface area contributed by atoms with Gasteiger partial charge in [-0.05, 0) is 56.2 Å². The summed E-state index contributed by atoms with van der Waals surface area (Å²) >= 11 is 1.61. The molecule has 3 aromatic rings. The van der Waals surface area contributed by atoms with E-state index in [1.165, 1.54) is 0 Å². The van der Waals surface area contributed by atoms with E-state index in [9.17, 15) is 4.79 Å². The Balaban J connectivity index is 1.72. The zero-order valence-electron chi connectivity index (χ0n) is 13.9. The van der Waals surface area contributed by atoms with Crippen molar-refractivity contribution in [3.05, 3.63) is 64.0 Å². The predicted octanol–water partition coefficient (Wildman–Crippen LogP) is 5.38. The fourth-order valence-electron chi connectivity index (χ4n) is 2.59. The van der Waals surface area contributed by atoms with E-state index >= 15 is 0 Å². The number of amides is 2. The first kappa shape index (κ1) is 16.2. The lowest BCUT2D eigenvalue weighted by molar-refractivity contribution is 0.262. The number of rotatable bonds is 3. The summed E-state index contributed by atoms with van der Waals surface area (Å²) in [5.74, 6) is 0. The van der Waals surface area contributed by atoms with Gasteiger partial charge in [-0.15, -0.1) is 11.3 Å². The molecule has 0 aliphatic rings. The van der Waals surface area contributed by atoms with Crippen LogP contribution in [0.15, 0.2) is 47.8 Å². The summed E-state index contributed by atoms with van der Waals surface area (Å²) < 4.78 is 0. The average molecular weight is 337 g/mol. The Morgan fingerprint density at radius 3 is 2.33 bits per heavy atom. The first-order chi connectivity index (χ1) is 11.5. The van der Waals surface area contributed by atoms with E-state index in [4.69, 9.17) is 0 Å². The molecule has 24 heavy (non-hydrogen) atoms. The van der Waals surface area contributed by atoms with Crippen molar-refractivity contribution in [3.63, 3.8) is 0 Å². The lowest BCUT2D eigenvalue weighted by Gasteiger charge is -2.10. The Bertz CT molecular complexity index is 866. The second kappa shape index (κ2) is 6.84. The van der Waals surface area contributed by atoms with Crippen LogP contribution < -0.4 is 10.6 Å². The highest BCUT2D eigenvalue weighted by Crippen LogP contribution is 2.24. The van der Waals surface area contributed by atoms with E-state index in [1.807, 2.05) is 62.5 Å². The van der Waals surface area contributed by atoms with Crippen LogP contribution in [0.4, 0.5) is 16.2 Å². The van der Waals surface area contributed by atoms with Crippen LogP contribution in [0.5, 0.6) is 0 Å². The molecule has 0 atom stereocenters. The number of aryl methyl sites for hydroxylation is 3. The summed E-state index contributed by atoms with van der Waals surface area (Å²) in [6.07, 6.45) is 0. The number of benzene rings is 2. The Labute approximate surface area is 145 Å². The predicted molar refractivity (Wildman–Crippen MR) is 101 cm³/mol. The molecule has 2 amide bonds. The molecule has 1 heterocycles. The summed E-state index contributed by atoms with van der Waals surface area (Å²) in [6.45, 7) is 6.00. The number of carbonyl (C=O) groups is 1. The van der Waals surface area contributed by atoms with Crippen molar-refractivity contribution >= 4 is 28.7 Å². The molecule has 122 valence electrons. The first-order valence-electron chi connectivity index (χ1n) is 7.68. The van der Waals surface area contributed by atoms with E-state index in [0.29, 0.717) is 0 Å². The van der Waals surface area contributed by atoms with Gasteiger partial charge in [-0.25, -0.2) is 9.78 Å². The summed E-state index contributed by atoms with van der Waals surface area (Å²) in [4.78, 5) is 16.7. The number of thiazole rings is 1. The van der Waals surface area contributed by atoms with E-state index in [2.05, 4.69) is 21.7 Å². The summed E-state index contributed by atoms with van der Waals surface area (Å²) in [5, 5.41) is 8.79. The van der Waals surface area contributed by atoms with Gasteiger partial charge in [-0.3, -0.25) is 0 Å². The highest BCUT2D eigenvalue weighted by Gasteiger charge is 2.06. The van der Waals surface area contributed by atoms with Gasteiger partial charge in [0.2, 0.25) is 0 Å². The van der Waals surface area contributed by atoms with E-state index in [0.717, 1.165) is 38.8 Å². The molecule has 0 saturated heterocycles. The molecule has 0 aliphatic heterocycles. The van der Waals surface area contributed by atoms with Gasteiger partial charge in [0.15, 0.2) is 0 Å². The van der Waals surface area contributed by atoms with Gasteiger partial charge in [-0.2, -0.15) is 0 Å². The second-order valence-electron chi connectivity index (χ2n) is 5.79. The largest absolute Gasteiger partial charge is 0.323 e. The van der Waals surface area contributed by atoms with Crippen molar-refractivity contribution in [3.8, 4) is 11.3 Å². The maximum Gasteiger partial charge on any atom is 0.323 e. The number of hydrogen-bond donors (Lipinski definition) is 2. The molecule has 2 aromatic carbocycles. The van der Waals surface area contributed by atoms with Crippen molar-refractivity contribution in [2.75, 3.05) is 10.6 Å². The van der Waals surface area contributed by atoms with Crippen molar-refractivity contribution < 1.29 is 4.79 Å². The van der Waals surface area contributed by atoms with Crippen LogP contribution in [0.25, 0.3) is 11.3 Å². The second-order valence-corrected chi connectivity index (χ2v) is 6.85. The molecule has 2 N–H and O–H groups in total. The van der Waals surface area contributed by atoms with Gasteiger partial charge >= 0.3 is 6.03 Å². The van der Waals surface area contributed by atoms with Gasteiger partial charge in [0.05, 0.1) is 10.7 Å². The molecular weight excluding hydrogens is 318 g/mol. The number of nitrogens with one attached hydrogen (secondary N) is 2. The Hall–Kier alpha value is -2.66. The van der Waals surface area contributed by atoms with Gasteiger partial charge in [-0.1, -0.05) is 18.2 Å². The van der Waals surface area contributed by atoms with Crippen LogP contribution in [0.1, 0.15) is 16.1 Å². The van der Waals surface area contributed by atoms with Crippen molar-refractivity contribution in [1.29, 1.82) is 0 Å². The quantitative estimate of drug-likeness (QED) is 0.674. The zero-order valence-corrected chi connectivity index (χ0v) is 14.7. The van der Waals surface area contributed by atoms with E-state index in [-0.39, 0.29) is 6.03 Å². The van der Waals surface area contributed by atoms with Crippen LogP contribution in [0, 0.1) is 20.8 Å². The van der Waals surface area contributed by atoms with Crippen LogP contribution >= 0.6 is 11.3 Å². The molecule has 0 bridgehead atoms. The third-order valence-electron chi connectivity index (χ3n) is 3.51. The molecule has 1 aromatic heterocycles.